The minimum Gasteiger partial charge on any atom is -0.487 e. The van der Waals surface area contributed by atoms with E-state index in [-0.39, 0.29) is 11.9 Å². The number of halogens is 2. The van der Waals surface area contributed by atoms with E-state index in [1.807, 2.05) is 13.2 Å². The van der Waals surface area contributed by atoms with Crippen LogP contribution < -0.4 is 9.64 Å². The molecule has 1 aromatic carbocycles. The van der Waals surface area contributed by atoms with Crippen molar-refractivity contribution < 1.29 is 23.7 Å². The maximum atomic E-state index is 14.1. The molecule has 0 saturated carbocycles. The molecular formula is C26H28F2N6O3. The van der Waals surface area contributed by atoms with Crippen LogP contribution >= 0.6 is 0 Å². The molecule has 9 nitrogen and oxygen atoms in total. The number of piperidine rings is 1. The van der Waals surface area contributed by atoms with Crippen molar-refractivity contribution in [3.8, 4) is 17.0 Å². The quantitative estimate of drug-likeness (QED) is 0.405. The molecule has 5 rings (SSSR count). The zero-order chi connectivity index (χ0) is 26.3. The summed E-state index contributed by atoms with van der Waals surface area (Å²) in [5.74, 6) is -0.696. The fraction of sp³-hybridized carbons (Fsp3) is 0.385. The third-order valence-electron chi connectivity index (χ3n) is 6.41. The molecule has 1 aliphatic heterocycles. The highest BCUT2D eigenvalue weighted by molar-refractivity contribution is 5.83. The summed E-state index contributed by atoms with van der Waals surface area (Å²) >= 11 is 0. The first-order valence-corrected chi connectivity index (χ1v) is 12.0. The Balaban J connectivity index is 1.45. The summed E-state index contributed by atoms with van der Waals surface area (Å²) < 4.78 is 34.8. The van der Waals surface area contributed by atoms with Gasteiger partial charge in [0.25, 0.3) is 0 Å². The van der Waals surface area contributed by atoms with Crippen molar-refractivity contribution >= 4 is 16.9 Å². The van der Waals surface area contributed by atoms with Gasteiger partial charge in [0, 0.05) is 50.8 Å². The topological polar surface area (TPSA) is 109 Å². The molecule has 1 atom stereocenters. The van der Waals surface area contributed by atoms with Gasteiger partial charge in [-0.3, -0.25) is 9.67 Å². The van der Waals surface area contributed by atoms with Gasteiger partial charge in [-0.05, 0) is 32.0 Å². The van der Waals surface area contributed by atoms with Crippen molar-refractivity contribution in [2.75, 3.05) is 18.0 Å². The molecule has 1 fully saturated rings. The number of aryl methyl sites for hydroxylation is 1. The van der Waals surface area contributed by atoms with Crippen LogP contribution in [0.3, 0.4) is 0 Å². The molecule has 0 amide bonds. The Morgan fingerprint density at radius 3 is 2.49 bits per heavy atom. The van der Waals surface area contributed by atoms with Crippen LogP contribution in [0, 0.1) is 11.6 Å². The summed E-state index contributed by atoms with van der Waals surface area (Å²) in [4.78, 5) is 16.1. The Morgan fingerprint density at radius 1 is 1.08 bits per heavy atom. The van der Waals surface area contributed by atoms with Crippen molar-refractivity contribution in [2.45, 2.75) is 44.5 Å². The van der Waals surface area contributed by atoms with Gasteiger partial charge in [-0.1, -0.05) is 0 Å². The highest BCUT2D eigenvalue weighted by Crippen LogP contribution is 2.33. The van der Waals surface area contributed by atoms with Crippen LogP contribution in [0.15, 0.2) is 42.9 Å². The predicted octanol–water partition coefficient (Wildman–Crippen LogP) is 3.56. The number of fused-ring (bicyclic) bond motifs is 1. The third-order valence-corrected chi connectivity index (χ3v) is 6.41. The third kappa shape index (κ3) is 5.23. The van der Waals surface area contributed by atoms with Crippen molar-refractivity contribution in [1.82, 2.24) is 24.7 Å². The van der Waals surface area contributed by atoms with Crippen LogP contribution in [0.5, 0.6) is 5.75 Å². The molecule has 4 aromatic rings. The van der Waals surface area contributed by atoms with Crippen LogP contribution in [-0.4, -0.2) is 59.7 Å². The van der Waals surface area contributed by atoms with Gasteiger partial charge in [0.1, 0.15) is 29.2 Å². The standard InChI is InChI=1S/C26H28F2N6O3/c1-26(2,36)24(35)20-11-19-21(13-29-20)31-23(15-12-30-33(3)14-15)25(32-19)34-8-6-17(7-9-34)37-22-5-4-16(27)10-18(22)28/h4-5,10-14,17,24,35-36H,6-9H2,1-3H3. The van der Waals surface area contributed by atoms with E-state index >= 15 is 0 Å². The summed E-state index contributed by atoms with van der Waals surface area (Å²) in [6.07, 6.45) is 4.88. The number of benzene rings is 1. The molecule has 194 valence electrons. The van der Waals surface area contributed by atoms with Crippen LogP contribution in [0.4, 0.5) is 14.6 Å². The van der Waals surface area contributed by atoms with Crippen LogP contribution in [0.1, 0.15) is 38.5 Å². The summed E-state index contributed by atoms with van der Waals surface area (Å²) in [6, 6.07) is 4.93. The van der Waals surface area contributed by atoms with Crippen molar-refractivity contribution in [1.29, 1.82) is 0 Å². The van der Waals surface area contributed by atoms with Gasteiger partial charge in [-0.2, -0.15) is 5.10 Å². The van der Waals surface area contributed by atoms with Gasteiger partial charge < -0.3 is 19.8 Å². The molecule has 2 N–H and O–H groups in total. The number of aliphatic hydroxyl groups excluding tert-OH is 1. The molecule has 0 spiro atoms. The van der Waals surface area contributed by atoms with E-state index in [0.717, 1.165) is 11.6 Å². The highest BCUT2D eigenvalue weighted by atomic mass is 19.1. The van der Waals surface area contributed by atoms with E-state index < -0.39 is 23.3 Å². The van der Waals surface area contributed by atoms with Gasteiger partial charge in [0.2, 0.25) is 0 Å². The van der Waals surface area contributed by atoms with Crippen LogP contribution in [-0.2, 0) is 7.05 Å². The molecule has 3 aromatic heterocycles. The van der Waals surface area contributed by atoms with E-state index in [1.165, 1.54) is 32.2 Å². The Kier molecular flexibility index (Phi) is 6.50. The Labute approximate surface area is 212 Å². The lowest BCUT2D eigenvalue weighted by Gasteiger charge is -2.33. The van der Waals surface area contributed by atoms with E-state index in [0.29, 0.717) is 54.2 Å². The van der Waals surface area contributed by atoms with Gasteiger partial charge >= 0.3 is 0 Å². The highest BCUT2D eigenvalue weighted by Gasteiger charge is 2.29. The predicted molar refractivity (Wildman–Crippen MR) is 133 cm³/mol. The molecule has 1 saturated heterocycles. The van der Waals surface area contributed by atoms with Gasteiger partial charge in [-0.15, -0.1) is 0 Å². The fourth-order valence-electron chi connectivity index (χ4n) is 4.37. The normalized spacial score (nSPS) is 15.8. The number of hydrogen-bond donors (Lipinski definition) is 2. The zero-order valence-corrected chi connectivity index (χ0v) is 20.8. The maximum absolute atomic E-state index is 14.1. The Morgan fingerprint density at radius 2 is 1.84 bits per heavy atom. The van der Waals surface area contributed by atoms with Crippen LogP contribution in [0.25, 0.3) is 22.3 Å². The second-order valence-corrected chi connectivity index (χ2v) is 9.83. The smallest absolute Gasteiger partial charge is 0.167 e. The molecule has 1 unspecified atom stereocenters. The van der Waals surface area contributed by atoms with Crippen LogP contribution in [0.2, 0.25) is 0 Å². The number of pyridine rings is 1. The lowest BCUT2D eigenvalue weighted by molar-refractivity contribution is -0.0516. The first-order chi connectivity index (χ1) is 17.6. The molecule has 0 aliphatic carbocycles. The number of rotatable bonds is 6. The maximum Gasteiger partial charge on any atom is 0.167 e. The number of anilines is 1. The largest absolute Gasteiger partial charge is 0.487 e. The molecular weight excluding hydrogens is 482 g/mol. The zero-order valence-electron chi connectivity index (χ0n) is 20.8. The first kappa shape index (κ1) is 25.0. The number of aromatic nitrogens is 5. The second kappa shape index (κ2) is 9.64. The number of aliphatic hydroxyl groups is 2. The molecule has 37 heavy (non-hydrogen) atoms. The van der Waals surface area contributed by atoms with Crippen molar-refractivity contribution in [2.24, 2.45) is 7.05 Å². The minimum absolute atomic E-state index is 0.0341. The van der Waals surface area contributed by atoms with Crippen molar-refractivity contribution in [3.63, 3.8) is 0 Å². The van der Waals surface area contributed by atoms with Gasteiger partial charge in [0.15, 0.2) is 17.4 Å². The van der Waals surface area contributed by atoms with E-state index in [4.69, 9.17) is 14.7 Å². The van der Waals surface area contributed by atoms with E-state index in [2.05, 4.69) is 15.0 Å². The molecule has 1 aliphatic rings. The SMILES string of the molecule is Cn1cc(-c2nc3cnc(C(O)C(C)(C)O)cc3nc2N2CCC(Oc3ccc(F)cc3F)CC2)cn1. The lowest BCUT2D eigenvalue weighted by Crippen LogP contribution is -2.39. The van der Waals surface area contributed by atoms with Gasteiger partial charge in [0.05, 0.1) is 29.2 Å². The van der Waals surface area contributed by atoms with Gasteiger partial charge in [-0.25, -0.2) is 18.7 Å². The number of nitrogens with zero attached hydrogens (tertiary/aromatic N) is 6. The summed E-state index contributed by atoms with van der Waals surface area (Å²) in [5, 5.41) is 25.0. The average molecular weight is 511 g/mol. The Bertz CT molecular complexity index is 1430. The van der Waals surface area contributed by atoms with E-state index in [9.17, 15) is 19.0 Å². The fourth-order valence-corrected chi connectivity index (χ4v) is 4.37. The molecule has 11 heteroatoms. The molecule has 0 radical (unpaired) electrons. The summed E-state index contributed by atoms with van der Waals surface area (Å²) in [6.45, 7) is 4.17. The lowest BCUT2D eigenvalue weighted by atomic mass is 9.98. The van der Waals surface area contributed by atoms with Crippen molar-refractivity contribution in [3.05, 3.63) is 60.2 Å². The molecule has 4 heterocycles. The monoisotopic (exact) mass is 510 g/mol. The second-order valence-electron chi connectivity index (χ2n) is 9.83. The molecule has 0 bridgehead atoms. The Hall–Kier alpha value is -3.70. The summed E-state index contributed by atoms with van der Waals surface area (Å²) in [7, 11) is 1.82. The first-order valence-electron chi connectivity index (χ1n) is 12.0. The number of ether oxygens (including phenoxy) is 1. The average Bonchev–Trinajstić information content (AvgIpc) is 3.30. The minimum atomic E-state index is -1.38. The number of hydrogen-bond acceptors (Lipinski definition) is 8. The van der Waals surface area contributed by atoms with E-state index in [1.54, 1.807) is 16.9 Å². The summed E-state index contributed by atoms with van der Waals surface area (Å²) in [5.41, 5.74) is 1.42.